The van der Waals surface area contributed by atoms with Crippen molar-refractivity contribution in [3.05, 3.63) is 29.8 Å². The monoisotopic (exact) mass is 322 g/mol. The van der Waals surface area contributed by atoms with E-state index in [0.717, 1.165) is 18.6 Å². The summed E-state index contributed by atoms with van der Waals surface area (Å²) in [6.07, 6.45) is 4.32. The molecule has 3 N–H and O–H groups in total. The van der Waals surface area contributed by atoms with Gasteiger partial charge in [-0.15, -0.1) is 12.4 Å². The Morgan fingerprint density at radius 1 is 1.41 bits per heavy atom. The van der Waals surface area contributed by atoms with Crippen molar-refractivity contribution in [2.24, 2.45) is 17.6 Å². The van der Waals surface area contributed by atoms with Crippen LogP contribution in [-0.4, -0.2) is 25.1 Å². The molecule has 4 rings (SSSR count). The minimum atomic E-state index is 0. The van der Waals surface area contributed by atoms with Crippen molar-refractivity contribution in [1.29, 1.82) is 0 Å². The van der Waals surface area contributed by atoms with Crippen LogP contribution in [0.5, 0.6) is 5.75 Å². The highest BCUT2D eigenvalue weighted by atomic mass is 35.5. The maximum absolute atomic E-state index is 12.4. The Morgan fingerprint density at radius 3 is 2.95 bits per heavy atom. The zero-order valence-corrected chi connectivity index (χ0v) is 13.4. The number of nitrogens with one attached hydrogen (secondary N) is 1. The van der Waals surface area contributed by atoms with Gasteiger partial charge < -0.3 is 15.8 Å². The van der Waals surface area contributed by atoms with Crippen LogP contribution in [0.4, 0.5) is 0 Å². The maximum Gasteiger partial charge on any atom is 0.224 e. The topological polar surface area (TPSA) is 64.3 Å². The van der Waals surface area contributed by atoms with Crippen molar-refractivity contribution in [3.8, 4) is 5.75 Å². The summed E-state index contributed by atoms with van der Waals surface area (Å²) in [5, 5.41) is 3.06. The number of fused-ring (bicyclic) bond motifs is 2. The number of ether oxygens (including phenoxy) is 1. The Balaban J connectivity index is 0.00000144. The van der Waals surface area contributed by atoms with Gasteiger partial charge in [0.05, 0.1) is 6.61 Å². The molecule has 2 fully saturated rings. The van der Waals surface area contributed by atoms with Crippen molar-refractivity contribution >= 4 is 18.3 Å². The Morgan fingerprint density at radius 2 is 2.18 bits per heavy atom. The van der Waals surface area contributed by atoms with Gasteiger partial charge in [0.1, 0.15) is 5.75 Å². The minimum absolute atomic E-state index is 0. The fraction of sp³-hybridized carbons (Fsp3) is 0.588. The molecule has 3 aliphatic rings. The molecular weight excluding hydrogens is 300 g/mol. The fourth-order valence-electron chi connectivity index (χ4n) is 3.74. The Labute approximate surface area is 137 Å². The first-order chi connectivity index (χ1) is 10.2. The number of hydrogen-bond acceptors (Lipinski definition) is 3. The SMILES string of the molecule is Cl.NC(CNC(=O)C1CC12CCOc1ccccc12)C1CC1. The van der Waals surface area contributed by atoms with Crippen LogP contribution < -0.4 is 15.8 Å². The van der Waals surface area contributed by atoms with E-state index in [4.69, 9.17) is 10.5 Å². The molecule has 1 heterocycles. The molecule has 2 saturated carbocycles. The second-order valence-electron chi connectivity index (χ2n) is 6.75. The van der Waals surface area contributed by atoms with Gasteiger partial charge in [-0.05, 0) is 37.7 Å². The van der Waals surface area contributed by atoms with Crippen molar-refractivity contribution in [3.63, 3.8) is 0 Å². The summed E-state index contributed by atoms with van der Waals surface area (Å²) in [5.74, 6) is 1.84. The Bertz CT molecular complexity index is 576. The molecule has 0 aromatic heterocycles. The van der Waals surface area contributed by atoms with Gasteiger partial charge >= 0.3 is 0 Å². The van der Waals surface area contributed by atoms with Gasteiger partial charge in [-0.1, -0.05) is 18.2 Å². The van der Waals surface area contributed by atoms with E-state index in [-0.39, 0.29) is 35.7 Å². The second-order valence-corrected chi connectivity index (χ2v) is 6.75. The molecule has 120 valence electrons. The number of carbonyl (C=O) groups is 1. The molecule has 22 heavy (non-hydrogen) atoms. The zero-order valence-electron chi connectivity index (χ0n) is 12.6. The standard InChI is InChI=1S/C17H22N2O2.ClH/c18-14(11-5-6-11)10-19-16(20)13-9-17(13)7-8-21-15-4-2-1-3-12(15)17;/h1-4,11,13-14H,5-10,18H2,(H,19,20);1H. The smallest absolute Gasteiger partial charge is 0.224 e. The average molecular weight is 323 g/mol. The molecule has 2 aliphatic carbocycles. The van der Waals surface area contributed by atoms with Gasteiger partial charge in [0.15, 0.2) is 0 Å². The molecule has 1 aromatic carbocycles. The third kappa shape index (κ3) is 2.59. The molecule has 1 aromatic rings. The van der Waals surface area contributed by atoms with E-state index in [1.54, 1.807) is 0 Å². The first-order valence-electron chi connectivity index (χ1n) is 7.96. The highest BCUT2D eigenvalue weighted by Gasteiger charge is 2.60. The average Bonchev–Trinajstić information content (AvgIpc) is 3.40. The van der Waals surface area contributed by atoms with Gasteiger partial charge in [0.2, 0.25) is 5.91 Å². The summed E-state index contributed by atoms with van der Waals surface area (Å²) >= 11 is 0. The maximum atomic E-state index is 12.4. The number of benzene rings is 1. The predicted octanol–water partition coefficient (Wildman–Crippen LogP) is 2.00. The molecule has 4 nitrogen and oxygen atoms in total. The van der Waals surface area contributed by atoms with Gasteiger partial charge in [0.25, 0.3) is 0 Å². The second kappa shape index (κ2) is 5.74. The molecular formula is C17H23ClN2O2. The van der Waals surface area contributed by atoms with Crippen LogP contribution in [-0.2, 0) is 10.2 Å². The number of para-hydroxylation sites is 1. The number of hydrogen-bond donors (Lipinski definition) is 2. The fourth-order valence-corrected chi connectivity index (χ4v) is 3.74. The lowest BCUT2D eigenvalue weighted by Crippen LogP contribution is -2.40. The molecule has 1 spiro atoms. The summed E-state index contributed by atoms with van der Waals surface area (Å²) in [5.41, 5.74) is 7.29. The number of carbonyl (C=O) groups excluding carboxylic acids is 1. The van der Waals surface area contributed by atoms with E-state index in [9.17, 15) is 4.79 Å². The molecule has 3 atom stereocenters. The number of nitrogens with two attached hydrogens (primary N) is 1. The molecule has 5 heteroatoms. The van der Waals surface area contributed by atoms with Crippen LogP contribution in [0.15, 0.2) is 24.3 Å². The van der Waals surface area contributed by atoms with Crippen molar-refractivity contribution in [2.75, 3.05) is 13.2 Å². The lowest BCUT2D eigenvalue weighted by atomic mass is 9.87. The first kappa shape index (κ1) is 15.6. The minimum Gasteiger partial charge on any atom is -0.493 e. The molecule has 1 aliphatic heterocycles. The molecule has 3 unspecified atom stereocenters. The number of halogens is 1. The van der Waals surface area contributed by atoms with Crippen molar-refractivity contribution in [2.45, 2.75) is 37.1 Å². The third-order valence-corrected chi connectivity index (χ3v) is 5.36. The van der Waals surface area contributed by atoms with Crippen molar-refractivity contribution in [1.82, 2.24) is 5.32 Å². The quantitative estimate of drug-likeness (QED) is 0.891. The summed E-state index contributed by atoms with van der Waals surface area (Å²) in [4.78, 5) is 12.4. The molecule has 0 saturated heterocycles. The van der Waals surface area contributed by atoms with E-state index < -0.39 is 0 Å². The van der Waals surface area contributed by atoms with E-state index in [1.165, 1.54) is 18.4 Å². The third-order valence-electron chi connectivity index (χ3n) is 5.36. The van der Waals surface area contributed by atoms with Crippen LogP contribution in [0, 0.1) is 11.8 Å². The predicted molar refractivity (Wildman–Crippen MR) is 87.3 cm³/mol. The largest absolute Gasteiger partial charge is 0.493 e. The Kier molecular flexibility index (Phi) is 4.08. The van der Waals surface area contributed by atoms with Crippen LogP contribution in [0.3, 0.4) is 0 Å². The summed E-state index contributed by atoms with van der Waals surface area (Å²) in [6.45, 7) is 1.33. The van der Waals surface area contributed by atoms with E-state index in [0.29, 0.717) is 19.1 Å². The van der Waals surface area contributed by atoms with Crippen molar-refractivity contribution < 1.29 is 9.53 Å². The van der Waals surface area contributed by atoms with Gasteiger partial charge in [-0.2, -0.15) is 0 Å². The zero-order chi connectivity index (χ0) is 14.4. The van der Waals surface area contributed by atoms with E-state index in [2.05, 4.69) is 11.4 Å². The van der Waals surface area contributed by atoms with Gasteiger partial charge in [-0.3, -0.25) is 4.79 Å². The highest BCUT2D eigenvalue weighted by Crippen LogP contribution is 2.60. The van der Waals surface area contributed by atoms with Crippen LogP contribution in [0.25, 0.3) is 0 Å². The number of rotatable bonds is 4. The van der Waals surface area contributed by atoms with Gasteiger partial charge in [0, 0.05) is 29.5 Å². The van der Waals surface area contributed by atoms with Crippen LogP contribution >= 0.6 is 12.4 Å². The van der Waals surface area contributed by atoms with Gasteiger partial charge in [-0.25, -0.2) is 0 Å². The van der Waals surface area contributed by atoms with Crippen LogP contribution in [0.1, 0.15) is 31.2 Å². The normalized spacial score (nSPS) is 29.8. The van der Waals surface area contributed by atoms with E-state index in [1.807, 2.05) is 18.2 Å². The number of amides is 1. The molecule has 1 amide bonds. The lowest BCUT2D eigenvalue weighted by molar-refractivity contribution is -0.122. The van der Waals surface area contributed by atoms with Crippen LogP contribution in [0.2, 0.25) is 0 Å². The van der Waals surface area contributed by atoms with E-state index >= 15 is 0 Å². The molecule has 0 radical (unpaired) electrons. The highest BCUT2D eigenvalue weighted by molar-refractivity contribution is 5.85. The summed E-state index contributed by atoms with van der Waals surface area (Å²) in [7, 11) is 0. The summed E-state index contributed by atoms with van der Waals surface area (Å²) in [6, 6.07) is 8.27. The Hall–Kier alpha value is -1.26. The first-order valence-corrected chi connectivity index (χ1v) is 7.96. The molecule has 0 bridgehead atoms. The summed E-state index contributed by atoms with van der Waals surface area (Å²) < 4.78 is 5.71. The lowest BCUT2D eigenvalue weighted by Gasteiger charge is -2.26.